The molecule has 0 radical (unpaired) electrons. The molecule has 0 aliphatic carbocycles. The van der Waals surface area contributed by atoms with Crippen LogP contribution in [0.2, 0.25) is 5.02 Å². The normalized spacial score (nSPS) is 14.2. The Balaban J connectivity index is 1.33. The van der Waals surface area contributed by atoms with Crippen LogP contribution in [-0.2, 0) is 11.3 Å². The number of hydrogen-bond acceptors (Lipinski definition) is 8. The number of anilines is 3. The summed E-state index contributed by atoms with van der Waals surface area (Å²) in [7, 11) is 0. The van der Waals surface area contributed by atoms with Crippen molar-refractivity contribution in [2.45, 2.75) is 19.1 Å². The van der Waals surface area contributed by atoms with Crippen LogP contribution in [0.5, 0.6) is 11.5 Å². The molecule has 1 saturated heterocycles. The monoisotopic (exact) mass is 591 g/mol. The van der Waals surface area contributed by atoms with E-state index in [1.54, 1.807) is 54.7 Å². The van der Waals surface area contributed by atoms with Crippen LogP contribution >= 0.6 is 11.6 Å². The highest BCUT2D eigenvalue weighted by Gasteiger charge is 2.22. The maximum absolute atomic E-state index is 13.1. The molecule has 3 aromatic carbocycles. The molecule has 214 valence electrons. The highest BCUT2D eigenvalue weighted by atomic mass is 35.5. The summed E-state index contributed by atoms with van der Waals surface area (Å²) < 4.78 is 17.6. The van der Waals surface area contributed by atoms with Crippen molar-refractivity contribution >= 4 is 45.5 Å². The van der Waals surface area contributed by atoms with Crippen LogP contribution in [0.15, 0.2) is 91.3 Å². The molecule has 1 aliphatic rings. The Labute approximate surface area is 253 Å². The van der Waals surface area contributed by atoms with Gasteiger partial charge in [0.2, 0.25) is 0 Å². The topological polar surface area (TPSA) is 118 Å². The van der Waals surface area contributed by atoms with Gasteiger partial charge in [0.15, 0.2) is 0 Å². The van der Waals surface area contributed by atoms with E-state index in [2.05, 4.69) is 26.7 Å². The van der Waals surface area contributed by atoms with E-state index in [0.29, 0.717) is 68.8 Å². The van der Waals surface area contributed by atoms with E-state index < -0.39 is 0 Å². The molecule has 0 bridgehead atoms. The average Bonchev–Trinajstić information content (AvgIpc) is 3.55. The Morgan fingerprint density at radius 1 is 1.05 bits per heavy atom. The van der Waals surface area contributed by atoms with Gasteiger partial charge in [-0.3, -0.25) is 14.8 Å². The van der Waals surface area contributed by atoms with Crippen molar-refractivity contribution in [2.24, 2.45) is 0 Å². The number of pyridine rings is 2. The number of amides is 1. The molecule has 2 N–H and O–H groups in total. The van der Waals surface area contributed by atoms with Gasteiger partial charge in [0, 0.05) is 41.5 Å². The zero-order valence-corrected chi connectivity index (χ0v) is 23.7. The number of carbonyl (C=O) groups excluding carboxylic acids is 1. The van der Waals surface area contributed by atoms with Crippen LogP contribution in [0, 0.1) is 11.3 Å². The van der Waals surface area contributed by atoms with E-state index in [9.17, 15) is 10.1 Å². The van der Waals surface area contributed by atoms with Gasteiger partial charge in [-0.05, 0) is 48.5 Å². The van der Waals surface area contributed by atoms with Crippen molar-refractivity contribution in [3.63, 3.8) is 0 Å². The van der Waals surface area contributed by atoms with Gasteiger partial charge in [0.25, 0.3) is 5.91 Å². The summed E-state index contributed by atoms with van der Waals surface area (Å²) in [5.74, 6) is 0.675. The Bertz CT molecular complexity index is 1810. The molecule has 0 saturated carbocycles. The van der Waals surface area contributed by atoms with Crippen LogP contribution < -0.4 is 20.1 Å². The number of benzene rings is 3. The Morgan fingerprint density at radius 2 is 1.91 bits per heavy atom. The van der Waals surface area contributed by atoms with Gasteiger partial charge in [-0.1, -0.05) is 35.9 Å². The fourth-order valence-electron chi connectivity index (χ4n) is 4.68. The summed E-state index contributed by atoms with van der Waals surface area (Å²) in [5.41, 5.74) is 3.77. The molecule has 0 spiro atoms. The molecular weight excluding hydrogens is 566 g/mol. The molecule has 43 heavy (non-hydrogen) atoms. The molecule has 1 amide bonds. The summed E-state index contributed by atoms with van der Waals surface area (Å²) in [6, 6.07) is 25.5. The SMILES string of the molecule is N#Cc1cnc2cc(OC3CCOC3)c(NC(=O)c3ccccc3)cc2c1Nc1ccc(OCc2ccccn2)c(Cl)c1. The molecule has 5 aromatic rings. The second-order valence-corrected chi connectivity index (χ2v) is 10.2. The van der Waals surface area contributed by atoms with Gasteiger partial charge >= 0.3 is 0 Å². The minimum atomic E-state index is -0.292. The van der Waals surface area contributed by atoms with Crippen molar-refractivity contribution in [1.29, 1.82) is 5.26 Å². The predicted octanol–water partition coefficient (Wildman–Crippen LogP) is 6.90. The first-order chi connectivity index (χ1) is 21.1. The standard InChI is InChI=1S/C33H26ClN5O4/c34-27-14-23(9-10-30(27)42-19-24-8-4-5-12-36-24)38-32-22(17-35)18-37-28-16-31(43-25-11-13-41-20-25)29(15-26(28)32)39-33(40)21-6-2-1-3-7-21/h1-10,12,14-16,18,25H,11,13,19-20H2,(H,37,38)(H,39,40). The average molecular weight is 592 g/mol. The van der Waals surface area contributed by atoms with E-state index in [1.807, 2.05) is 30.3 Å². The Hall–Kier alpha value is -5.17. The zero-order valence-electron chi connectivity index (χ0n) is 22.9. The lowest BCUT2D eigenvalue weighted by Gasteiger charge is -2.19. The molecule has 1 aliphatic heterocycles. The third-order valence-corrected chi connectivity index (χ3v) is 7.15. The summed E-state index contributed by atoms with van der Waals surface area (Å²) in [4.78, 5) is 21.9. The minimum Gasteiger partial charge on any atom is -0.486 e. The lowest BCUT2D eigenvalue weighted by molar-refractivity contribution is 0.102. The van der Waals surface area contributed by atoms with Crippen molar-refractivity contribution in [1.82, 2.24) is 9.97 Å². The van der Waals surface area contributed by atoms with E-state index in [0.717, 1.165) is 12.1 Å². The number of nitrogens with zero attached hydrogens (tertiary/aromatic N) is 3. The summed E-state index contributed by atoms with van der Waals surface area (Å²) in [6.45, 7) is 1.34. The molecule has 1 atom stereocenters. The first kappa shape index (κ1) is 28.0. The first-order valence-electron chi connectivity index (χ1n) is 13.6. The van der Waals surface area contributed by atoms with Crippen LogP contribution in [0.25, 0.3) is 10.9 Å². The summed E-state index contributed by atoms with van der Waals surface area (Å²) in [5, 5.41) is 17.3. The molecule has 9 nitrogen and oxygen atoms in total. The van der Waals surface area contributed by atoms with Crippen LogP contribution in [0.3, 0.4) is 0 Å². The molecule has 1 fully saturated rings. The quantitative estimate of drug-likeness (QED) is 0.190. The van der Waals surface area contributed by atoms with Gasteiger partial charge in [-0.15, -0.1) is 0 Å². The van der Waals surface area contributed by atoms with E-state index in [4.69, 9.17) is 25.8 Å². The van der Waals surface area contributed by atoms with Crippen LogP contribution in [0.4, 0.5) is 17.1 Å². The number of carbonyl (C=O) groups is 1. The molecule has 1 unspecified atom stereocenters. The maximum Gasteiger partial charge on any atom is 0.255 e. The number of aromatic nitrogens is 2. The predicted molar refractivity (Wildman–Crippen MR) is 164 cm³/mol. The summed E-state index contributed by atoms with van der Waals surface area (Å²) in [6.07, 6.45) is 3.79. The number of rotatable bonds is 9. The highest BCUT2D eigenvalue weighted by Crippen LogP contribution is 2.38. The molecule has 6 rings (SSSR count). The lowest BCUT2D eigenvalue weighted by atomic mass is 10.1. The van der Waals surface area contributed by atoms with Gasteiger partial charge in [0.05, 0.1) is 46.4 Å². The first-order valence-corrected chi connectivity index (χ1v) is 14.0. The van der Waals surface area contributed by atoms with E-state index in [1.165, 1.54) is 6.20 Å². The third kappa shape index (κ3) is 6.51. The summed E-state index contributed by atoms with van der Waals surface area (Å²) >= 11 is 6.56. The molecule has 10 heteroatoms. The second-order valence-electron chi connectivity index (χ2n) is 9.83. The number of ether oxygens (including phenoxy) is 3. The van der Waals surface area contributed by atoms with Gasteiger partial charge < -0.3 is 24.8 Å². The maximum atomic E-state index is 13.1. The number of fused-ring (bicyclic) bond motifs is 1. The highest BCUT2D eigenvalue weighted by molar-refractivity contribution is 6.32. The van der Waals surface area contributed by atoms with Crippen LogP contribution in [0.1, 0.15) is 28.0 Å². The fraction of sp³-hybridized carbons (Fsp3) is 0.152. The smallest absolute Gasteiger partial charge is 0.255 e. The van der Waals surface area contributed by atoms with Gasteiger partial charge in [-0.25, -0.2) is 0 Å². The number of nitriles is 1. The van der Waals surface area contributed by atoms with Gasteiger partial charge in [-0.2, -0.15) is 5.26 Å². The van der Waals surface area contributed by atoms with Crippen molar-refractivity contribution in [3.8, 4) is 17.6 Å². The van der Waals surface area contributed by atoms with Crippen LogP contribution in [-0.4, -0.2) is 35.2 Å². The fourth-order valence-corrected chi connectivity index (χ4v) is 4.91. The Morgan fingerprint density at radius 3 is 2.65 bits per heavy atom. The third-order valence-electron chi connectivity index (χ3n) is 6.86. The van der Waals surface area contributed by atoms with E-state index >= 15 is 0 Å². The zero-order chi connectivity index (χ0) is 29.6. The van der Waals surface area contributed by atoms with Gasteiger partial charge in [0.1, 0.15) is 30.3 Å². The lowest BCUT2D eigenvalue weighted by Crippen LogP contribution is -2.18. The van der Waals surface area contributed by atoms with E-state index in [-0.39, 0.29) is 18.6 Å². The molecule has 3 heterocycles. The number of nitrogens with one attached hydrogen (secondary N) is 2. The minimum absolute atomic E-state index is 0.152. The number of hydrogen-bond donors (Lipinski definition) is 2. The molecular formula is C33H26ClN5O4. The molecule has 2 aromatic heterocycles. The second kappa shape index (κ2) is 12.8. The number of halogens is 1. The largest absolute Gasteiger partial charge is 0.486 e. The van der Waals surface area contributed by atoms with Crippen molar-refractivity contribution in [2.75, 3.05) is 23.8 Å². The van der Waals surface area contributed by atoms with Crippen molar-refractivity contribution < 1.29 is 19.0 Å². The van der Waals surface area contributed by atoms with Crippen molar-refractivity contribution in [3.05, 3.63) is 113 Å². The Kier molecular flexibility index (Phi) is 8.31.